The Bertz CT molecular complexity index is 1360. The van der Waals surface area contributed by atoms with Crippen molar-refractivity contribution >= 4 is 34.7 Å². The molecule has 2 aliphatic heterocycles. The van der Waals surface area contributed by atoms with Gasteiger partial charge in [-0.05, 0) is 44.0 Å². The van der Waals surface area contributed by atoms with Gasteiger partial charge >= 0.3 is 0 Å². The molecule has 1 saturated carbocycles. The molecule has 0 bridgehead atoms. The number of rotatable bonds is 6. The van der Waals surface area contributed by atoms with E-state index in [1.165, 1.54) is 42.4 Å². The summed E-state index contributed by atoms with van der Waals surface area (Å²) in [5.74, 6) is 1.03. The number of hydrogen-bond donors (Lipinski definition) is 1. The molecule has 1 aromatic carbocycles. The number of aliphatic imine (C=N–C) groups is 1. The van der Waals surface area contributed by atoms with Crippen LogP contribution in [0.4, 0.5) is 8.78 Å². The number of terminal acetylenes is 1. The Balaban J connectivity index is 1.43. The molecular weight excluding hydrogens is 512 g/mol. The summed E-state index contributed by atoms with van der Waals surface area (Å²) in [6.45, 7) is 5.19. The lowest BCUT2D eigenvalue weighted by molar-refractivity contribution is -0.139. The van der Waals surface area contributed by atoms with Crippen LogP contribution in [0.25, 0.3) is 11.9 Å². The average Bonchev–Trinajstić information content (AvgIpc) is 3.65. The first-order chi connectivity index (χ1) is 18.2. The summed E-state index contributed by atoms with van der Waals surface area (Å²) in [5, 5.41) is 0.226. The van der Waals surface area contributed by atoms with Crippen LogP contribution in [0, 0.1) is 24.1 Å². The Morgan fingerprint density at radius 1 is 1.42 bits per heavy atom. The quantitative estimate of drug-likeness (QED) is 0.562. The van der Waals surface area contributed by atoms with E-state index < -0.39 is 21.9 Å². The second-order valence-corrected chi connectivity index (χ2v) is 11.1. The zero-order valence-corrected chi connectivity index (χ0v) is 21.8. The highest BCUT2D eigenvalue weighted by Crippen LogP contribution is 2.66. The van der Waals surface area contributed by atoms with E-state index in [9.17, 15) is 4.79 Å². The van der Waals surface area contributed by atoms with Gasteiger partial charge in [0, 0.05) is 18.0 Å². The molecule has 198 valence electrons. The lowest BCUT2D eigenvalue weighted by atomic mass is 9.84. The van der Waals surface area contributed by atoms with Crippen molar-refractivity contribution in [1.82, 2.24) is 14.9 Å². The highest BCUT2D eigenvalue weighted by Gasteiger charge is 2.71. The summed E-state index contributed by atoms with van der Waals surface area (Å²) in [5.41, 5.74) is 5.77. The van der Waals surface area contributed by atoms with Gasteiger partial charge in [0.1, 0.15) is 16.3 Å². The fourth-order valence-corrected chi connectivity index (χ4v) is 6.63. The van der Waals surface area contributed by atoms with E-state index in [0.717, 1.165) is 0 Å². The van der Waals surface area contributed by atoms with Crippen LogP contribution in [0.5, 0.6) is 5.88 Å². The normalized spacial score (nSPS) is 28.7. The number of morpholine rings is 1. The van der Waals surface area contributed by atoms with E-state index >= 15 is 8.78 Å². The molecule has 5 rings (SSSR count). The molecule has 2 N–H and O–H groups in total. The Labute approximate surface area is 223 Å². The Kier molecular flexibility index (Phi) is 6.88. The van der Waals surface area contributed by atoms with Crippen LogP contribution >= 0.6 is 11.8 Å². The number of carbonyl (C=O) groups excluding carboxylic acids is 1. The third kappa shape index (κ3) is 4.63. The number of benzene rings is 1. The van der Waals surface area contributed by atoms with E-state index in [0.29, 0.717) is 31.7 Å². The number of nitrogens with zero attached hydrogens (tertiary/aromatic N) is 4. The first kappa shape index (κ1) is 26.1. The molecule has 3 heterocycles. The molecule has 8 nitrogen and oxygen atoms in total. The van der Waals surface area contributed by atoms with Gasteiger partial charge in [0.05, 0.1) is 37.2 Å². The molecule has 1 unspecified atom stereocenters. The Hall–Kier alpha value is -3.49. The molecule has 38 heavy (non-hydrogen) atoms. The van der Waals surface area contributed by atoms with Gasteiger partial charge in [0.15, 0.2) is 17.6 Å². The van der Waals surface area contributed by atoms with Crippen LogP contribution in [-0.2, 0) is 15.1 Å². The third-order valence-electron chi connectivity index (χ3n) is 7.21. The maximum atomic E-state index is 15.3. The van der Waals surface area contributed by atoms with Gasteiger partial charge < -0.3 is 20.1 Å². The van der Waals surface area contributed by atoms with Crippen LogP contribution in [0.2, 0.25) is 0 Å². The number of halogens is 2. The smallest absolute Gasteiger partial charge is 0.240 e. The molecule has 0 spiro atoms. The maximum Gasteiger partial charge on any atom is 0.240 e. The number of amidine groups is 1. The molecule has 4 atom stereocenters. The number of thioether (sulfide) groups is 1. The summed E-state index contributed by atoms with van der Waals surface area (Å²) in [6.07, 6.45) is 9.40. The summed E-state index contributed by atoms with van der Waals surface area (Å²) in [4.78, 5) is 28.1. The average molecular weight is 540 g/mol. The predicted octanol–water partition coefficient (Wildman–Crippen LogP) is 3.38. The van der Waals surface area contributed by atoms with Crippen LogP contribution < -0.4 is 10.5 Å². The maximum absolute atomic E-state index is 15.3. The molecular formula is C27H27F2N5O3S. The van der Waals surface area contributed by atoms with Gasteiger partial charge in [-0.3, -0.25) is 9.79 Å². The van der Waals surface area contributed by atoms with Crippen molar-refractivity contribution in [2.45, 2.75) is 36.6 Å². The van der Waals surface area contributed by atoms with E-state index in [1.807, 2.05) is 11.8 Å². The SMILES string of the molecule is C#CCOc1cnc(/C(F)=C/c2ccc(F)c([C@@]3(C)N=C(N)S[C@@]4(C(=O)N5CCOCC5C)C[C@H]43)c2)cn1. The lowest BCUT2D eigenvalue weighted by Crippen LogP contribution is -2.53. The molecule has 1 amide bonds. The predicted molar refractivity (Wildman–Crippen MR) is 141 cm³/mol. The van der Waals surface area contributed by atoms with Crippen LogP contribution in [0.1, 0.15) is 37.1 Å². The second kappa shape index (κ2) is 10.0. The summed E-state index contributed by atoms with van der Waals surface area (Å²) in [7, 11) is 0. The summed E-state index contributed by atoms with van der Waals surface area (Å²) in [6, 6.07) is 4.22. The van der Waals surface area contributed by atoms with Crippen molar-refractivity contribution in [2.75, 3.05) is 26.4 Å². The number of ether oxygens (including phenoxy) is 2. The summed E-state index contributed by atoms with van der Waals surface area (Å²) >= 11 is 1.25. The minimum absolute atomic E-state index is 0.0158. The molecule has 1 aromatic heterocycles. The van der Waals surface area contributed by atoms with Crippen LogP contribution in [0.15, 0.2) is 35.6 Å². The molecule has 1 saturated heterocycles. The van der Waals surface area contributed by atoms with Crippen molar-refractivity contribution in [1.29, 1.82) is 0 Å². The number of hydrogen-bond acceptors (Lipinski definition) is 8. The molecule has 11 heteroatoms. The number of aromatic nitrogens is 2. The molecule has 1 aliphatic carbocycles. The number of fused-ring (bicyclic) bond motifs is 1. The number of carbonyl (C=O) groups is 1. The Morgan fingerprint density at radius 2 is 2.24 bits per heavy atom. The lowest BCUT2D eigenvalue weighted by Gasteiger charge is -2.39. The number of amides is 1. The van der Waals surface area contributed by atoms with Gasteiger partial charge in [0.25, 0.3) is 0 Å². The minimum atomic E-state index is -1.10. The minimum Gasteiger partial charge on any atom is -0.463 e. The topological polar surface area (TPSA) is 103 Å². The third-order valence-corrected chi connectivity index (χ3v) is 8.50. The number of nitrogens with two attached hydrogens (primary N) is 1. The molecule has 3 aliphatic rings. The molecule has 2 fully saturated rings. The van der Waals surface area contributed by atoms with E-state index in [2.05, 4.69) is 20.9 Å². The van der Waals surface area contributed by atoms with Crippen molar-refractivity contribution in [3.8, 4) is 18.2 Å². The zero-order valence-electron chi connectivity index (χ0n) is 21.0. The molecule has 0 radical (unpaired) electrons. The van der Waals surface area contributed by atoms with Gasteiger partial charge in [-0.2, -0.15) is 0 Å². The van der Waals surface area contributed by atoms with Gasteiger partial charge in [-0.15, -0.1) is 6.42 Å². The fraction of sp³-hybridized carbons (Fsp3) is 0.407. The highest BCUT2D eigenvalue weighted by molar-refractivity contribution is 8.15. The van der Waals surface area contributed by atoms with Gasteiger partial charge in [-0.25, -0.2) is 18.7 Å². The second-order valence-electron chi connectivity index (χ2n) is 9.73. The van der Waals surface area contributed by atoms with Crippen molar-refractivity contribution in [3.05, 3.63) is 53.2 Å². The van der Waals surface area contributed by atoms with Crippen molar-refractivity contribution < 1.29 is 23.0 Å². The van der Waals surface area contributed by atoms with Gasteiger partial charge in [0.2, 0.25) is 11.8 Å². The monoisotopic (exact) mass is 539 g/mol. The Morgan fingerprint density at radius 3 is 2.95 bits per heavy atom. The van der Waals surface area contributed by atoms with Crippen molar-refractivity contribution in [3.63, 3.8) is 0 Å². The first-order valence-electron chi connectivity index (χ1n) is 12.2. The molecule has 2 aromatic rings. The fourth-order valence-electron chi connectivity index (χ4n) is 5.20. The van der Waals surface area contributed by atoms with E-state index in [1.54, 1.807) is 13.0 Å². The van der Waals surface area contributed by atoms with E-state index in [4.69, 9.17) is 21.6 Å². The zero-order chi connectivity index (χ0) is 27.1. The first-order valence-corrected chi connectivity index (χ1v) is 13.0. The van der Waals surface area contributed by atoms with Gasteiger partial charge in [-0.1, -0.05) is 23.7 Å². The van der Waals surface area contributed by atoms with Crippen molar-refractivity contribution in [2.24, 2.45) is 16.6 Å². The largest absolute Gasteiger partial charge is 0.463 e. The highest BCUT2D eigenvalue weighted by atomic mass is 32.2. The summed E-state index contributed by atoms with van der Waals surface area (Å²) < 4.78 is 40.1. The van der Waals surface area contributed by atoms with E-state index in [-0.39, 0.29) is 46.8 Å². The van der Waals surface area contributed by atoms with Crippen LogP contribution in [-0.4, -0.2) is 63.1 Å². The van der Waals surface area contributed by atoms with Crippen LogP contribution in [0.3, 0.4) is 0 Å². The standard InChI is InChI=1S/C27H27F2N5O3S/c1-4-8-37-23-14-31-21(13-32-23)20(29)11-17-5-6-19(28)18(10-17)26(3)22-12-27(22,38-25(30)33-26)24(35)34-7-9-36-15-16(34)2/h1,5-6,10-11,13-14,16,22H,7-9,12,15H2,2-3H3,(H2,30,33)/b20-11-/t16?,22-,26+,27-/m0/s1.